The predicted octanol–water partition coefficient (Wildman–Crippen LogP) is 3.62. The number of carbonyl (C=O) groups excluding carboxylic acids is 2. The maximum absolute atomic E-state index is 14.7. The number of benzene rings is 2. The lowest BCUT2D eigenvalue weighted by Crippen LogP contribution is -2.49. The minimum absolute atomic E-state index is 0.0708. The zero-order valence-corrected chi connectivity index (χ0v) is 20.4. The molecule has 1 fully saturated rings. The van der Waals surface area contributed by atoms with Crippen LogP contribution in [0.5, 0.6) is 0 Å². The number of sulfone groups is 1. The molecule has 3 aromatic rings. The number of hydrogen-bond donors (Lipinski definition) is 0. The molecule has 0 aliphatic carbocycles. The minimum Gasteiger partial charge on any atom is -0.366 e. The van der Waals surface area contributed by atoms with Crippen molar-refractivity contribution >= 4 is 39.1 Å². The summed E-state index contributed by atoms with van der Waals surface area (Å²) in [6.07, 6.45) is 3.51. The molecule has 0 radical (unpaired) electrons. The second-order valence-electron chi connectivity index (χ2n) is 8.23. The minimum atomic E-state index is -3.50. The van der Waals surface area contributed by atoms with Crippen molar-refractivity contribution in [3.63, 3.8) is 0 Å². The molecule has 34 heavy (non-hydrogen) atoms. The first kappa shape index (κ1) is 24.0. The third-order valence-corrected chi connectivity index (χ3v) is 7.84. The molecule has 2 heterocycles. The molecule has 10 heteroatoms. The van der Waals surface area contributed by atoms with Crippen LogP contribution in [0, 0.1) is 5.82 Å². The summed E-state index contributed by atoms with van der Waals surface area (Å²) in [6, 6.07) is 9.30. The van der Waals surface area contributed by atoms with Crippen LogP contribution in [0.4, 0.5) is 10.1 Å². The average Bonchev–Trinajstić information content (AvgIpc) is 3.37. The van der Waals surface area contributed by atoms with Crippen molar-refractivity contribution in [3.05, 3.63) is 64.9 Å². The highest BCUT2D eigenvalue weighted by atomic mass is 32.2. The van der Waals surface area contributed by atoms with Gasteiger partial charge in [0.2, 0.25) is 0 Å². The summed E-state index contributed by atoms with van der Waals surface area (Å²) in [7, 11) is -3.50. The molecule has 0 saturated carbocycles. The highest BCUT2D eigenvalue weighted by Gasteiger charge is 2.27. The number of piperazine rings is 1. The summed E-state index contributed by atoms with van der Waals surface area (Å²) in [4.78, 5) is 32.3. The largest absolute Gasteiger partial charge is 0.366 e. The highest BCUT2D eigenvalue weighted by Crippen LogP contribution is 2.30. The lowest BCUT2D eigenvalue weighted by atomic mass is 10.0. The van der Waals surface area contributed by atoms with Crippen molar-refractivity contribution in [2.24, 2.45) is 0 Å². The number of aldehydes is 1. The highest BCUT2D eigenvalue weighted by molar-refractivity contribution is 7.90. The smallest absolute Gasteiger partial charge is 0.254 e. The van der Waals surface area contributed by atoms with Crippen LogP contribution in [0.1, 0.15) is 28.8 Å². The second kappa shape index (κ2) is 9.63. The summed E-state index contributed by atoms with van der Waals surface area (Å²) < 4.78 is 38.9. The Morgan fingerprint density at radius 2 is 1.88 bits per heavy atom. The molecule has 178 valence electrons. The van der Waals surface area contributed by atoms with E-state index in [1.165, 1.54) is 29.5 Å². The van der Waals surface area contributed by atoms with Gasteiger partial charge in [-0.25, -0.2) is 17.8 Å². The van der Waals surface area contributed by atoms with E-state index in [0.717, 1.165) is 12.5 Å². The molecule has 1 aliphatic heterocycles. The van der Waals surface area contributed by atoms with E-state index < -0.39 is 15.7 Å². The Labute approximate surface area is 201 Å². The number of carbonyl (C=O) groups is 2. The normalized spacial score (nSPS) is 15.3. The van der Waals surface area contributed by atoms with Gasteiger partial charge < -0.3 is 14.6 Å². The van der Waals surface area contributed by atoms with Crippen molar-refractivity contribution in [2.75, 3.05) is 37.3 Å². The number of thiazole rings is 1. The van der Waals surface area contributed by atoms with E-state index in [9.17, 15) is 22.4 Å². The van der Waals surface area contributed by atoms with Crippen LogP contribution >= 0.6 is 11.3 Å². The first-order chi connectivity index (χ1) is 16.2. The van der Waals surface area contributed by atoms with Gasteiger partial charge in [-0.05, 0) is 35.9 Å². The van der Waals surface area contributed by atoms with Crippen LogP contribution in [-0.2, 0) is 14.6 Å². The second-order valence-corrected chi connectivity index (χ2v) is 11.1. The van der Waals surface area contributed by atoms with Crippen LogP contribution in [-0.4, -0.2) is 62.9 Å². The van der Waals surface area contributed by atoms with Gasteiger partial charge >= 0.3 is 0 Å². The number of aromatic nitrogens is 1. The van der Waals surface area contributed by atoms with Crippen molar-refractivity contribution in [2.45, 2.75) is 17.7 Å². The molecule has 0 bridgehead atoms. The van der Waals surface area contributed by atoms with E-state index >= 15 is 0 Å². The first-order valence-electron chi connectivity index (χ1n) is 10.7. The van der Waals surface area contributed by atoms with Gasteiger partial charge in [-0.3, -0.25) is 4.79 Å². The average molecular weight is 502 g/mol. The van der Waals surface area contributed by atoms with E-state index in [1.54, 1.807) is 41.6 Å². The molecule has 1 unspecified atom stereocenters. The molecule has 2 aromatic carbocycles. The van der Waals surface area contributed by atoms with E-state index in [1.807, 2.05) is 4.90 Å². The molecular formula is C24H24FN3O4S2. The molecule has 1 aliphatic rings. The molecule has 0 N–H and O–H groups in total. The zero-order chi connectivity index (χ0) is 24.5. The number of halogens is 1. The van der Waals surface area contributed by atoms with E-state index in [-0.39, 0.29) is 22.3 Å². The molecule has 1 amide bonds. The Kier molecular flexibility index (Phi) is 6.81. The Bertz CT molecular complexity index is 1320. The summed E-state index contributed by atoms with van der Waals surface area (Å²) in [6.45, 7) is 3.26. The summed E-state index contributed by atoms with van der Waals surface area (Å²) in [5, 5.41) is 2.43. The molecule has 4 rings (SSSR count). The Balaban J connectivity index is 1.55. The van der Waals surface area contributed by atoms with Crippen LogP contribution in [0.2, 0.25) is 0 Å². The van der Waals surface area contributed by atoms with Crippen molar-refractivity contribution in [1.82, 2.24) is 9.88 Å². The van der Waals surface area contributed by atoms with Gasteiger partial charge in [-0.15, -0.1) is 11.3 Å². The van der Waals surface area contributed by atoms with Gasteiger partial charge in [0.05, 0.1) is 16.1 Å². The topological polar surface area (TPSA) is 87.7 Å². The quantitative estimate of drug-likeness (QED) is 0.480. The van der Waals surface area contributed by atoms with E-state index in [2.05, 4.69) is 4.98 Å². The number of anilines is 1. The maximum atomic E-state index is 14.7. The van der Waals surface area contributed by atoms with Gasteiger partial charge in [-0.2, -0.15) is 0 Å². The molecular weight excluding hydrogens is 477 g/mol. The van der Waals surface area contributed by atoms with Crippen molar-refractivity contribution < 1.29 is 22.4 Å². The predicted molar refractivity (Wildman–Crippen MR) is 130 cm³/mol. The fourth-order valence-corrected chi connectivity index (χ4v) is 5.26. The van der Waals surface area contributed by atoms with Gasteiger partial charge in [0.25, 0.3) is 5.91 Å². The van der Waals surface area contributed by atoms with E-state index in [4.69, 9.17) is 0 Å². The Morgan fingerprint density at radius 3 is 2.47 bits per heavy atom. The lowest BCUT2D eigenvalue weighted by molar-refractivity contribution is -0.108. The van der Waals surface area contributed by atoms with Gasteiger partial charge in [0.1, 0.15) is 17.1 Å². The Hall–Kier alpha value is -3.11. The van der Waals surface area contributed by atoms with Crippen LogP contribution in [0.25, 0.3) is 10.6 Å². The summed E-state index contributed by atoms with van der Waals surface area (Å²) >= 11 is 1.37. The monoisotopic (exact) mass is 501 g/mol. The molecule has 1 aromatic heterocycles. The number of nitrogens with zero attached hydrogens (tertiary/aromatic N) is 3. The molecule has 7 nitrogen and oxygen atoms in total. The molecule has 1 atom stereocenters. The fraction of sp³-hybridized carbons (Fsp3) is 0.292. The number of rotatable bonds is 6. The van der Waals surface area contributed by atoms with Gasteiger partial charge in [-0.1, -0.05) is 13.0 Å². The SMILES string of the molecule is CC(C=O)c1ccc(N2CCN(C(=O)c3cc(S(C)(=O)=O)ccc3-c3nccs3)CC2)c(F)c1. The maximum Gasteiger partial charge on any atom is 0.254 e. The third kappa shape index (κ3) is 4.88. The number of amides is 1. The number of hydrogen-bond acceptors (Lipinski definition) is 7. The van der Waals surface area contributed by atoms with Gasteiger partial charge in [0.15, 0.2) is 9.84 Å². The molecule has 0 spiro atoms. The van der Waals surface area contributed by atoms with Crippen LogP contribution in [0.15, 0.2) is 52.9 Å². The third-order valence-electron chi connectivity index (χ3n) is 5.92. The van der Waals surface area contributed by atoms with Crippen molar-refractivity contribution in [3.8, 4) is 10.6 Å². The lowest BCUT2D eigenvalue weighted by Gasteiger charge is -2.36. The molecule has 1 saturated heterocycles. The Morgan fingerprint density at radius 1 is 1.15 bits per heavy atom. The van der Waals surface area contributed by atoms with Crippen LogP contribution in [0.3, 0.4) is 0 Å². The summed E-state index contributed by atoms with van der Waals surface area (Å²) in [5.74, 6) is -1.07. The summed E-state index contributed by atoms with van der Waals surface area (Å²) in [5.41, 5.74) is 1.91. The first-order valence-corrected chi connectivity index (χ1v) is 13.5. The fourth-order valence-electron chi connectivity index (χ4n) is 3.94. The van der Waals surface area contributed by atoms with Crippen LogP contribution < -0.4 is 4.90 Å². The standard InChI is InChI=1S/C24H24FN3O4S2/c1-16(15-29)17-3-6-22(21(25)13-17)27-8-10-28(11-9-27)24(30)20-14-18(34(2,31)32)4-5-19(20)23-26-7-12-33-23/h3-7,12-16H,8-11H2,1-2H3. The van der Waals surface area contributed by atoms with Gasteiger partial charge in [0, 0.05) is 55.5 Å². The van der Waals surface area contributed by atoms with E-state index in [0.29, 0.717) is 48.0 Å². The zero-order valence-electron chi connectivity index (χ0n) is 18.8. The van der Waals surface area contributed by atoms with Crippen molar-refractivity contribution in [1.29, 1.82) is 0 Å².